The molecule has 2 aromatic carbocycles. The van der Waals surface area contributed by atoms with Crippen molar-refractivity contribution < 1.29 is 0 Å². The fourth-order valence-electron chi connectivity index (χ4n) is 4.05. The molecule has 2 heteroatoms. The van der Waals surface area contributed by atoms with Crippen LogP contribution in [0.4, 0.5) is 0 Å². The Bertz CT molecular complexity index is 1170. The van der Waals surface area contributed by atoms with Crippen molar-refractivity contribution in [3.05, 3.63) is 108 Å². The van der Waals surface area contributed by atoms with Crippen molar-refractivity contribution >= 4 is 0 Å². The molecule has 4 rings (SSSR count). The van der Waals surface area contributed by atoms with E-state index in [2.05, 4.69) is 106 Å². The summed E-state index contributed by atoms with van der Waals surface area (Å²) in [4.78, 5) is 9.31. The second-order valence-corrected chi connectivity index (χ2v) is 10.2. The number of hydrogen-bond donors (Lipinski definition) is 0. The van der Waals surface area contributed by atoms with Crippen LogP contribution in [0.3, 0.4) is 0 Å². The van der Waals surface area contributed by atoms with Crippen LogP contribution in [0, 0.1) is 0 Å². The number of pyridine rings is 2. The molecular formula is C30H32N2. The fourth-order valence-corrected chi connectivity index (χ4v) is 4.05. The highest BCUT2D eigenvalue weighted by molar-refractivity contribution is 5.63. The molecule has 2 nitrogen and oxygen atoms in total. The van der Waals surface area contributed by atoms with Crippen molar-refractivity contribution in [2.75, 3.05) is 0 Å². The lowest BCUT2D eigenvalue weighted by Gasteiger charge is -2.25. The maximum Gasteiger partial charge on any atom is 0.0702 e. The first kappa shape index (κ1) is 22.0. The van der Waals surface area contributed by atoms with Gasteiger partial charge < -0.3 is 0 Å². The van der Waals surface area contributed by atoms with E-state index >= 15 is 0 Å². The number of benzene rings is 2. The Morgan fingerprint density at radius 1 is 0.625 bits per heavy atom. The van der Waals surface area contributed by atoms with E-state index in [0.29, 0.717) is 0 Å². The van der Waals surface area contributed by atoms with Crippen molar-refractivity contribution in [2.45, 2.75) is 51.9 Å². The molecule has 0 aliphatic carbocycles. The Hall–Kier alpha value is -3.26. The van der Waals surface area contributed by atoms with E-state index in [1.54, 1.807) is 0 Å². The van der Waals surface area contributed by atoms with Gasteiger partial charge in [-0.05, 0) is 58.2 Å². The minimum Gasteiger partial charge on any atom is -0.261 e. The zero-order valence-corrected chi connectivity index (χ0v) is 19.8. The molecule has 0 spiro atoms. The van der Waals surface area contributed by atoms with Gasteiger partial charge in [-0.15, -0.1) is 0 Å². The van der Waals surface area contributed by atoms with Crippen LogP contribution in [0.25, 0.3) is 22.4 Å². The summed E-state index contributed by atoms with van der Waals surface area (Å²) in [5.74, 6) is 0. The van der Waals surface area contributed by atoms with Crippen LogP contribution in [0.2, 0.25) is 0 Å². The maximum atomic E-state index is 4.81. The van der Waals surface area contributed by atoms with Gasteiger partial charge in [-0.25, -0.2) is 0 Å². The van der Waals surface area contributed by atoms with E-state index in [1.807, 2.05) is 24.5 Å². The molecule has 0 unspecified atom stereocenters. The normalized spacial score (nSPS) is 12.0. The second-order valence-electron chi connectivity index (χ2n) is 10.2. The lowest BCUT2D eigenvalue weighted by Crippen LogP contribution is -2.21. The van der Waals surface area contributed by atoms with Crippen molar-refractivity contribution in [2.24, 2.45) is 0 Å². The summed E-state index contributed by atoms with van der Waals surface area (Å²) >= 11 is 0. The standard InChI is InChI=1S/C30H32N2/c1-29(2,3)25-15-12-22(13-16-25)24-14-17-27(32-21-24)20-30(4,5)26-10-8-9-23(19-26)28-11-6-7-18-31-28/h6-19,21H,20H2,1-5H3. The number of nitrogens with zero attached hydrogens (tertiary/aromatic N) is 2. The molecule has 0 aliphatic heterocycles. The van der Waals surface area contributed by atoms with Crippen LogP contribution < -0.4 is 0 Å². The lowest BCUT2D eigenvalue weighted by atomic mass is 9.79. The van der Waals surface area contributed by atoms with Crippen molar-refractivity contribution in [1.29, 1.82) is 0 Å². The van der Waals surface area contributed by atoms with Gasteiger partial charge in [0.1, 0.15) is 0 Å². The van der Waals surface area contributed by atoms with Gasteiger partial charge in [-0.2, -0.15) is 0 Å². The highest BCUT2D eigenvalue weighted by Gasteiger charge is 2.22. The minimum atomic E-state index is -0.0341. The molecule has 0 saturated heterocycles. The van der Waals surface area contributed by atoms with Crippen LogP contribution in [0.15, 0.2) is 91.3 Å². The van der Waals surface area contributed by atoms with Gasteiger partial charge in [0.2, 0.25) is 0 Å². The molecule has 162 valence electrons. The van der Waals surface area contributed by atoms with Gasteiger partial charge in [-0.3, -0.25) is 9.97 Å². The monoisotopic (exact) mass is 420 g/mol. The van der Waals surface area contributed by atoms with E-state index in [0.717, 1.165) is 28.9 Å². The third kappa shape index (κ3) is 4.96. The topological polar surface area (TPSA) is 25.8 Å². The van der Waals surface area contributed by atoms with Crippen LogP contribution in [-0.4, -0.2) is 9.97 Å². The van der Waals surface area contributed by atoms with Crippen LogP contribution in [-0.2, 0) is 17.3 Å². The van der Waals surface area contributed by atoms with Gasteiger partial charge in [0, 0.05) is 29.2 Å². The predicted octanol–water partition coefficient (Wildman–Crippen LogP) is 7.63. The average molecular weight is 421 g/mol. The highest BCUT2D eigenvalue weighted by Crippen LogP contribution is 2.31. The summed E-state index contributed by atoms with van der Waals surface area (Å²) in [6.07, 6.45) is 4.72. The quantitative estimate of drug-likeness (QED) is 0.332. The van der Waals surface area contributed by atoms with E-state index in [-0.39, 0.29) is 10.8 Å². The average Bonchev–Trinajstić information content (AvgIpc) is 2.80. The Morgan fingerprint density at radius 3 is 2.00 bits per heavy atom. The summed E-state index contributed by atoms with van der Waals surface area (Å²) in [5, 5.41) is 0. The highest BCUT2D eigenvalue weighted by atomic mass is 14.7. The summed E-state index contributed by atoms with van der Waals surface area (Å²) in [5.41, 5.74) is 8.40. The summed E-state index contributed by atoms with van der Waals surface area (Å²) in [6, 6.07) is 27.9. The maximum absolute atomic E-state index is 4.81. The third-order valence-electron chi connectivity index (χ3n) is 6.14. The summed E-state index contributed by atoms with van der Waals surface area (Å²) in [7, 11) is 0. The van der Waals surface area contributed by atoms with Gasteiger partial charge in [0.25, 0.3) is 0 Å². The Balaban J connectivity index is 1.52. The molecule has 0 bridgehead atoms. The third-order valence-corrected chi connectivity index (χ3v) is 6.14. The Morgan fingerprint density at radius 2 is 1.38 bits per heavy atom. The Labute approximate surface area is 192 Å². The molecule has 0 radical (unpaired) electrons. The zero-order valence-electron chi connectivity index (χ0n) is 19.8. The van der Waals surface area contributed by atoms with Gasteiger partial charge in [0.05, 0.1) is 5.69 Å². The van der Waals surface area contributed by atoms with Gasteiger partial charge in [0.15, 0.2) is 0 Å². The molecule has 0 N–H and O–H groups in total. The molecule has 0 aliphatic rings. The van der Waals surface area contributed by atoms with Crippen LogP contribution >= 0.6 is 0 Å². The number of rotatable bonds is 5. The van der Waals surface area contributed by atoms with Gasteiger partial charge in [-0.1, -0.05) is 89.2 Å². The Kier molecular flexibility index (Phi) is 5.97. The first-order chi connectivity index (χ1) is 15.2. The fraction of sp³-hybridized carbons (Fsp3) is 0.267. The molecule has 0 amide bonds. The number of hydrogen-bond acceptors (Lipinski definition) is 2. The van der Waals surface area contributed by atoms with Crippen molar-refractivity contribution in [1.82, 2.24) is 9.97 Å². The van der Waals surface area contributed by atoms with Crippen molar-refractivity contribution in [3.8, 4) is 22.4 Å². The lowest BCUT2D eigenvalue weighted by molar-refractivity contribution is 0.515. The second kappa shape index (κ2) is 8.70. The van der Waals surface area contributed by atoms with Gasteiger partial charge >= 0.3 is 0 Å². The molecular weight excluding hydrogens is 388 g/mol. The smallest absolute Gasteiger partial charge is 0.0702 e. The van der Waals surface area contributed by atoms with Crippen molar-refractivity contribution in [3.63, 3.8) is 0 Å². The first-order valence-corrected chi connectivity index (χ1v) is 11.3. The molecule has 2 aromatic heterocycles. The van der Waals surface area contributed by atoms with Crippen LogP contribution in [0.5, 0.6) is 0 Å². The van der Waals surface area contributed by atoms with E-state index in [9.17, 15) is 0 Å². The largest absolute Gasteiger partial charge is 0.261 e. The molecule has 0 fully saturated rings. The summed E-state index contributed by atoms with van der Waals surface area (Å²) in [6.45, 7) is 11.3. The van der Waals surface area contributed by atoms with Crippen LogP contribution in [0.1, 0.15) is 51.4 Å². The summed E-state index contributed by atoms with van der Waals surface area (Å²) < 4.78 is 0. The van der Waals surface area contributed by atoms with E-state index in [1.165, 1.54) is 16.7 Å². The first-order valence-electron chi connectivity index (χ1n) is 11.3. The zero-order chi connectivity index (χ0) is 22.8. The number of aromatic nitrogens is 2. The van der Waals surface area contributed by atoms with E-state index in [4.69, 9.17) is 4.98 Å². The molecule has 4 aromatic rings. The molecule has 0 saturated carbocycles. The molecule has 2 heterocycles. The predicted molar refractivity (Wildman–Crippen MR) is 135 cm³/mol. The van der Waals surface area contributed by atoms with E-state index < -0.39 is 0 Å². The molecule has 32 heavy (non-hydrogen) atoms. The molecule has 0 atom stereocenters. The minimum absolute atomic E-state index is 0.0341. The SMILES string of the molecule is CC(C)(C)c1ccc(-c2ccc(CC(C)(C)c3cccc(-c4ccccn4)c3)nc2)cc1.